The van der Waals surface area contributed by atoms with E-state index in [1.165, 1.54) is 33.4 Å². The molecule has 0 N–H and O–H groups in total. The maximum atomic E-state index is 2.13. The van der Waals surface area contributed by atoms with Gasteiger partial charge < -0.3 is 0 Å². The first kappa shape index (κ1) is 26.4. The Kier molecular flexibility index (Phi) is 12.3. The highest BCUT2D eigenvalue weighted by molar-refractivity contribution is 5.53. The van der Waals surface area contributed by atoms with E-state index in [9.17, 15) is 0 Å². The lowest BCUT2D eigenvalue weighted by Gasteiger charge is -1.93. The second kappa shape index (κ2) is 15.8. The first-order chi connectivity index (χ1) is 16.5. The van der Waals surface area contributed by atoms with E-state index in [4.69, 9.17) is 0 Å². The maximum absolute atomic E-state index is 2.13. The number of hydrogen-bond acceptors (Lipinski definition) is 0. The average molecular weight is 445 g/mol. The zero-order valence-electron chi connectivity index (χ0n) is 20.9. The molecule has 0 aliphatic heterocycles. The van der Waals surface area contributed by atoms with Gasteiger partial charge in [0.2, 0.25) is 0 Å². The van der Waals surface area contributed by atoms with Gasteiger partial charge in [0.05, 0.1) is 0 Å². The van der Waals surface area contributed by atoms with Crippen LogP contribution in [0.3, 0.4) is 0 Å². The monoisotopic (exact) mass is 444 g/mol. The molecule has 0 saturated heterocycles. The van der Waals surface area contributed by atoms with Gasteiger partial charge in [-0.25, -0.2) is 0 Å². The van der Waals surface area contributed by atoms with E-state index in [1.54, 1.807) is 0 Å². The molecule has 0 radical (unpaired) electrons. The highest BCUT2D eigenvalue weighted by atomic mass is 13.9. The smallest absolute Gasteiger partial charge is 0.0257 e. The van der Waals surface area contributed by atoms with Gasteiger partial charge in [-0.1, -0.05) is 168 Å². The van der Waals surface area contributed by atoms with E-state index < -0.39 is 0 Å². The molecule has 2 aromatic rings. The zero-order chi connectivity index (χ0) is 24.4. The van der Waals surface area contributed by atoms with E-state index in [1.807, 2.05) is 12.1 Å². The van der Waals surface area contributed by atoms with Crippen LogP contribution in [0.15, 0.2) is 156 Å². The lowest BCUT2D eigenvalue weighted by atomic mass is 10.1. The highest BCUT2D eigenvalue weighted by Crippen LogP contribution is 2.07. The quantitative estimate of drug-likeness (QED) is 0.320. The van der Waals surface area contributed by atoms with Gasteiger partial charge in [-0.2, -0.15) is 0 Å². The summed E-state index contributed by atoms with van der Waals surface area (Å²) in [6.07, 6.45) is 29.6. The van der Waals surface area contributed by atoms with Crippen molar-refractivity contribution in [1.29, 1.82) is 0 Å². The van der Waals surface area contributed by atoms with Crippen molar-refractivity contribution in [2.45, 2.75) is 27.7 Å². The molecule has 0 saturated carbocycles. The normalized spacial score (nSPS) is 14.6. The molecule has 0 spiro atoms. The van der Waals surface area contributed by atoms with Crippen molar-refractivity contribution in [3.05, 3.63) is 167 Å². The predicted molar refractivity (Wildman–Crippen MR) is 153 cm³/mol. The summed E-state index contributed by atoms with van der Waals surface area (Å²) < 4.78 is 0. The fraction of sp³-hybridized carbons (Fsp3) is 0.118. The summed E-state index contributed by atoms with van der Waals surface area (Å²) in [5.74, 6) is 0. The van der Waals surface area contributed by atoms with E-state index in [0.29, 0.717) is 0 Å². The predicted octanol–water partition coefficient (Wildman–Crippen LogP) is 9.87. The lowest BCUT2D eigenvalue weighted by Crippen LogP contribution is -1.71. The zero-order valence-corrected chi connectivity index (χ0v) is 20.9. The molecule has 0 aromatic heterocycles. The van der Waals surface area contributed by atoms with Crippen LogP contribution in [-0.2, 0) is 0 Å². The molecule has 34 heavy (non-hydrogen) atoms. The summed E-state index contributed by atoms with van der Waals surface area (Å²) in [7, 11) is 0. The minimum absolute atomic E-state index is 1.21. The summed E-state index contributed by atoms with van der Waals surface area (Å²) in [6.45, 7) is 8.44. The number of hydrogen-bond donors (Lipinski definition) is 0. The van der Waals surface area contributed by atoms with Crippen molar-refractivity contribution in [3.8, 4) is 0 Å². The van der Waals surface area contributed by atoms with Crippen molar-refractivity contribution in [1.82, 2.24) is 0 Å². The summed E-state index contributed by atoms with van der Waals surface area (Å²) in [4.78, 5) is 0. The second-order valence-corrected chi connectivity index (χ2v) is 8.23. The van der Waals surface area contributed by atoms with Gasteiger partial charge in [-0.3, -0.25) is 0 Å². The fourth-order valence-corrected chi connectivity index (χ4v) is 2.92. The molecule has 0 bridgehead atoms. The van der Waals surface area contributed by atoms with Crippen LogP contribution in [0.1, 0.15) is 38.8 Å². The largest absolute Gasteiger partial charge is 0.0622 e. The first-order valence-electron chi connectivity index (χ1n) is 11.7. The molecule has 0 aliphatic rings. The second-order valence-electron chi connectivity index (χ2n) is 8.23. The van der Waals surface area contributed by atoms with Gasteiger partial charge in [-0.05, 0) is 38.8 Å². The molecule has 0 unspecified atom stereocenters. The van der Waals surface area contributed by atoms with Crippen molar-refractivity contribution < 1.29 is 0 Å². The molecule has 0 heterocycles. The van der Waals surface area contributed by atoms with Crippen molar-refractivity contribution in [2.75, 3.05) is 0 Å². The van der Waals surface area contributed by atoms with Crippen LogP contribution < -0.4 is 0 Å². The summed E-state index contributed by atoms with van der Waals surface area (Å²) >= 11 is 0. The van der Waals surface area contributed by atoms with E-state index in [2.05, 4.69) is 161 Å². The minimum Gasteiger partial charge on any atom is -0.0622 e. The van der Waals surface area contributed by atoms with Crippen LogP contribution in [0, 0.1) is 0 Å². The topological polar surface area (TPSA) is 0 Å². The summed E-state index contributed by atoms with van der Waals surface area (Å²) in [6, 6.07) is 20.7. The van der Waals surface area contributed by atoms with Gasteiger partial charge in [0.25, 0.3) is 0 Å². The molecule has 0 amide bonds. The molecule has 0 fully saturated rings. The molecule has 0 atom stereocenters. The Balaban J connectivity index is 1.81. The Labute approximate surface area is 206 Å². The fourth-order valence-electron chi connectivity index (χ4n) is 2.92. The maximum Gasteiger partial charge on any atom is -0.0257 e. The van der Waals surface area contributed by atoms with Crippen molar-refractivity contribution in [2.24, 2.45) is 0 Å². The van der Waals surface area contributed by atoms with Crippen LogP contribution in [0.25, 0.3) is 12.2 Å². The van der Waals surface area contributed by atoms with Crippen molar-refractivity contribution >= 4 is 12.2 Å². The van der Waals surface area contributed by atoms with Crippen LogP contribution in [0.4, 0.5) is 0 Å². The Morgan fingerprint density at radius 3 is 1.12 bits per heavy atom. The SMILES string of the molecule is CC(/C=C\c1ccccc1)=C\C=C\C(C)=C\C=C\C=C(C)\C=C\C=C(C)\C=C\c1ccccc1. The van der Waals surface area contributed by atoms with Crippen LogP contribution in [0.5, 0.6) is 0 Å². The highest BCUT2D eigenvalue weighted by Gasteiger charge is 1.85. The van der Waals surface area contributed by atoms with Gasteiger partial charge >= 0.3 is 0 Å². The number of rotatable bonds is 10. The molecule has 172 valence electrons. The van der Waals surface area contributed by atoms with Crippen molar-refractivity contribution in [3.63, 3.8) is 0 Å². The Morgan fingerprint density at radius 1 is 0.412 bits per heavy atom. The molecule has 2 rings (SSSR count). The standard InChI is InChI=1S/C34H36/c1-29(17-13-19-31(3)25-27-33-21-7-5-8-22-33)15-11-12-16-30(2)18-14-20-32(4)26-28-34-23-9-6-10-24-34/h5-28H,1-4H3/b12-11+,17-13+,18-14+,27-25-,28-26+,29-15+,30-16+,31-19+,32-20+. The Hall–Kier alpha value is -3.90. The van der Waals surface area contributed by atoms with Crippen LogP contribution in [0.2, 0.25) is 0 Å². The molecular formula is C34H36. The minimum atomic E-state index is 1.21. The third-order valence-corrected chi connectivity index (χ3v) is 4.94. The third kappa shape index (κ3) is 12.2. The van der Waals surface area contributed by atoms with E-state index in [0.717, 1.165) is 0 Å². The average Bonchev–Trinajstić information content (AvgIpc) is 2.85. The summed E-state index contributed by atoms with van der Waals surface area (Å²) in [5, 5.41) is 0. The first-order valence-corrected chi connectivity index (χ1v) is 11.7. The van der Waals surface area contributed by atoms with E-state index >= 15 is 0 Å². The van der Waals surface area contributed by atoms with Gasteiger partial charge in [0, 0.05) is 0 Å². The lowest BCUT2D eigenvalue weighted by molar-refractivity contribution is 1.49. The summed E-state index contributed by atoms with van der Waals surface area (Å²) in [5.41, 5.74) is 7.27. The third-order valence-electron chi connectivity index (χ3n) is 4.94. The van der Waals surface area contributed by atoms with E-state index in [-0.39, 0.29) is 0 Å². The molecule has 0 aliphatic carbocycles. The Morgan fingerprint density at radius 2 is 0.735 bits per heavy atom. The number of allylic oxidation sites excluding steroid dienone is 16. The molecule has 0 nitrogen and oxygen atoms in total. The molecule has 0 heteroatoms. The van der Waals surface area contributed by atoms with Crippen LogP contribution >= 0.6 is 0 Å². The van der Waals surface area contributed by atoms with Gasteiger partial charge in [0.15, 0.2) is 0 Å². The molecule has 2 aromatic carbocycles. The van der Waals surface area contributed by atoms with Gasteiger partial charge in [0.1, 0.15) is 0 Å². The Bertz CT molecular complexity index is 1050. The van der Waals surface area contributed by atoms with Crippen LogP contribution in [-0.4, -0.2) is 0 Å². The number of benzene rings is 2. The molecular weight excluding hydrogens is 408 g/mol. The van der Waals surface area contributed by atoms with Gasteiger partial charge in [-0.15, -0.1) is 0 Å².